The maximum atomic E-state index is 15.2. The van der Waals surface area contributed by atoms with Gasteiger partial charge in [-0.1, -0.05) is 76.6 Å². The Morgan fingerprint density at radius 3 is 1.10 bits per heavy atom. The van der Waals surface area contributed by atoms with Crippen molar-refractivity contribution in [3.8, 4) is 0 Å². The monoisotopic (exact) mass is 694 g/mol. The predicted octanol–water partition coefficient (Wildman–Crippen LogP) is 14.1. The van der Waals surface area contributed by atoms with Gasteiger partial charge in [0, 0.05) is 36.1 Å². The number of carbonyl (C=O) groups is 1. The predicted molar refractivity (Wildman–Crippen MR) is 196 cm³/mol. The zero-order valence-electron chi connectivity index (χ0n) is 31.2. The quantitative estimate of drug-likeness (QED) is 0.179. The van der Waals surface area contributed by atoms with Crippen LogP contribution < -0.4 is 0 Å². The van der Waals surface area contributed by atoms with E-state index in [4.69, 9.17) is 0 Å². The highest BCUT2D eigenvalue weighted by Crippen LogP contribution is 2.47. The van der Waals surface area contributed by atoms with Crippen LogP contribution in [0.15, 0.2) is 36.4 Å². The lowest BCUT2D eigenvalue weighted by atomic mass is 9.68. The van der Waals surface area contributed by atoms with E-state index in [9.17, 15) is 4.79 Å². The second-order valence-electron chi connectivity index (χ2n) is 17.3. The molecule has 0 spiro atoms. The molecule has 6 rings (SSSR count). The molecule has 0 heterocycles. The molecule has 0 saturated heterocycles. The fourth-order valence-electron chi connectivity index (χ4n) is 10.9. The van der Waals surface area contributed by atoms with E-state index in [1.807, 2.05) is 12.1 Å². The Morgan fingerprint density at radius 2 is 0.820 bits per heavy atom. The van der Waals surface area contributed by atoms with Gasteiger partial charge in [0.05, 0.1) is 0 Å². The Hall–Kier alpha value is -2.17. The summed E-state index contributed by atoms with van der Waals surface area (Å²) in [6.45, 7) is 6.22. The molecule has 1 nitrogen and oxygen atoms in total. The molecule has 0 bridgehead atoms. The van der Waals surface area contributed by atoms with Crippen LogP contribution in [0.1, 0.15) is 193 Å². The molecule has 4 saturated carbocycles. The largest absolute Gasteiger partial charge is 0.289 e. The first kappa shape index (κ1) is 37.6. The highest BCUT2D eigenvalue weighted by Gasteiger charge is 2.38. The number of benzene rings is 2. The minimum Gasteiger partial charge on any atom is -0.289 e. The van der Waals surface area contributed by atoms with Crippen molar-refractivity contribution >= 4 is 5.78 Å². The number of rotatable bonds is 10. The summed E-state index contributed by atoms with van der Waals surface area (Å²) in [5, 5.41) is 0. The zero-order valence-corrected chi connectivity index (χ0v) is 31.2. The average Bonchev–Trinajstić information content (AvgIpc) is 3.13. The summed E-state index contributed by atoms with van der Waals surface area (Å²) in [5.74, 6) is -2.18. The van der Waals surface area contributed by atoms with E-state index < -0.39 is 17.6 Å². The highest BCUT2D eigenvalue weighted by atomic mass is 19.3. The van der Waals surface area contributed by atoms with Crippen LogP contribution >= 0.6 is 0 Å². The second kappa shape index (κ2) is 15.8. The first-order chi connectivity index (χ1) is 23.9. The van der Waals surface area contributed by atoms with Crippen molar-refractivity contribution < 1.29 is 22.4 Å². The molecule has 0 amide bonds. The summed E-state index contributed by atoms with van der Waals surface area (Å²) < 4.78 is 61.0. The van der Waals surface area contributed by atoms with E-state index in [0.29, 0.717) is 0 Å². The molecule has 0 aromatic heterocycles. The van der Waals surface area contributed by atoms with Crippen LogP contribution in [0.2, 0.25) is 0 Å². The average molecular weight is 695 g/mol. The fourth-order valence-corrected chi connectivity index (χ4v) is 10.9. The molecule has 0 radical (unpaired) electrons. The SMILES string of the molecule is CCC1CCC(C2CCC(c3ccc(C(=O)c4ccc(C5CCC(C6CCC(CC)CC6)CC5)cc4C(C)(F)F)c(C(C)(F)F)c3)CC2)CC1. The Morgan fingerprint density at radius 1 is 0.520 bits per heavy atom. The number of carbonyl (C=O) groups excluding carboxylic acids is 1. The number of hydrogen-bond acceptors (Lipinski definition) is 1. The summed E-state index contributed by atoms with van der Waals surface area (Å²) in [6.07, 6.45) is 21.5. The van der Waals surface area contributed by atoms with Crippen molar-refractivity contribution in [1.82, 2.24) is 0 Å². The van der Waals surface area contributed by atoms with Gasteiger partial charge in [0.1, 0.15) is 0 Å². The van der Waals surface area contributed by atoms with E-state index in [1.165, 1.54) is 88.5 Å². The first-order valence-electron chi connectivity index (χ1n) is 20.4. The van der Waals surface area contributed by atoms with Gasteiger partial charge in [0.15, 0.2) is 5.78 Å². The minimum atomic E-state index is -3.28. The van der Waals surface area contributed by atoms with Crippen molar-refractivity contribution in [3.05, 3.63) is 69.8 Å². The summed E-state index contributed by atoms with van der Waals surface area (Å²) in [4.78, 5) is 14.0. The maximum Gasteiger partial charge on any atom is 0.271 e. The van der Waals surface area contributed by atoms with Crippen molar-refractivity contribution in [2.24, 2.45) is 35.5 Å². The Balaban J connectivity index is 1.16. The van der Waals surface area contributed by atoms with Gasteiger partial charge >= 0.3 is 0 Å². The maximum absolute atomic E-state index is 15.2. The summed E-state index contributed by atoms with van der Waals surface area (Å²) in [7, 11) is 0. The van der Waals surface area contributed by atoms with Gasteiger partial charge in [-0.05, 0) is 148 Å². The van der Waals surface area contributed by atoms with E-state index >= 15 is 17.6 Å². The van der Waals surface area contributed by atoms with Gasteiger partial charge in [-0.25, -0.2) is 17.6 Å². The topological polar surface area (TPSA) is 17.1 Å². The molecule has 0 N–H and O–H groups in total. The number of hydrogen-bond donors (Lipinski definition) is 0. The fraction of sp³-hybridized carbons (Fsp3) is 0.711. The van der Waals surface area contributed by atoms with E-state index in [2.05, 4.69) is 13.8 Å². The molecule has 2 aromatic carbocycles. The third kappa shape index (κ3) is 8.54. The van der Waals surface area contributed by atoms with Gasteiger partial charge in [0.25, 0.3) is 11.8 Å². The summed E-state index contributed by atoms with van der Waals surface area (Å²) in [6, 6.07) is 9.62. The van der Waals surface area contributed by atoms with Crippen LogP contribution in [0, 0.1) is 35.5 Å². The smallest absolute Gasteiger partial charge is 0.271 e. The van der Waals surface area contributed by atoms with Crippen LogP contribution in [0.25, 0.3) is 0 Å². The number of halogens is 4. The lowest BCUT2D eigenvalue weighted by molar-refractivity contribution is 0.0158. The van der Waals surface area contributed by atoms with Crippen molar-refractivity contribution in [2.45, 2.75) is 167 Å². The molecule has 4 aliphatic carbocycles. The molecule has 4 aliphatic rings. The van der Waals surface area contributed by atoms with Gasteiger partial charge in [-0.2, -0.15) is 0 Å². The molecular weight excluding hydrogens is 632 g/mol. The molecule has 0 unspecified atom stereocenters. The van der Waals surface area contributed by atoms with Crippen LogP contribution in [-0.4, -0.2) is 5.78 Å². The summed E-state index contributed by atoms with van der Waals surface area (Å²) >= 11 is 0. The highest BCUT2D eigenvalue weighted by molar-refractivity contribution is 6.11. The Kier molecular flexibility index (Phi) is 11.9. The molecule has 4 fully saturated rings. The Labute approximate surface area is 299 Å². The van der Waals surface area contributed by atoms with E-state index in [-0.39, 0.29) is 34.1 Å². The molecule has 0 atom stereocenters. The molecule has 2 aromatic rings. The van der Waals surface area contributed by atoms with Crippen molar-refractivity contribution in [2.75, 3.05) is 0 Å². The third-order valence-corrected chi connectivity index (χ3v) is 14.3. The normalized spacial score (nSPS) is 31.4. The number of alkyl halides is 4. The van der Waals surface area contributed by atoms with E-state index in [0.717, 1.165) is 112 Å². The van der Waals surface area contributed by atoms with Gasteiger partial charge in [-0.3, -0.25) is 4.79 Å². The molecule has 5 heteroatoms. The number of ketones is 1. The van der Waals surface area contributed by atoms with Crippen LogP contribution in [0.3, 0.4) is 0 Å². The summed E-state index contributed by atoms with van der Waals surface area (Å²) in [5.41, 5.74) is 0.660. The van der Waals surface area contributed by atoms with Gasteiger partial charge < -0.3 is 0 Å². The lowest BCUT2D eigenvalue weighted by Gasteiger charge is -2.38. The second-order valence-corrected chi connectivity index (χ2v) is 17.3. The van der Waals surface area contributed by atoms with Crippen molar-refractivity contribution in [3.63, 3.8) is 0 Å². The van der Waals surface area contributed by atoms with Gasteiger partial charge in [-0.15, -0.1) is 0 Å². The van der Waals surface area contributed by atoms with Gasteiger partial charge in [0.2, 0.25) is 0 Å². The standard InChI is InChI=1S/C45H62F4O/c1-5-29-7-11-31(12-8-29)33-15-19-35(20-16-33)37-23-25-39(41(27-37)44(3,46)47)43(50)40-26-24-38(28-42(40)45(4,48)49)36-21-17-34(18-22-36)32-13-9-30(6-2)10-14-32/h23-36H,5-22H2,1-4H3. The molecular formula is C45H62F4O. The van der Waals surface area contributed by atoms with Crippen LogP contribution in [0.4, 0.5) is 17.6 Å². The van der Waals surface area contributed by atoms with E-state index in [1.54, 1.807) is 0 Å². The first-order valence-corrected chi connectivity index (χ1v) is 20.4. The van der Waals surface area contributed by atoms with Crippen molar-refractivity contribution in [1.29, 1.82) is 0 Å². The minimum absolute atomic E-state index is 0.167. The third-order valence-electron chi connectivity index (χ3n) is 14.3. The lowest BCUT2D eigenvalue weighted by Crippen LogP contribution is -2.25. The molecule has 0 aliphatic heterocycles. The van der Waals surface area contributed by atoms with Crippen LogP contribution in [-0.2, 0) is 11.8 Å². The van der Waals surface area contributed by atoms with Crippen LogP contribution in [0.5, 0.6) is 0 Å². The molecule has 50 heavy (non-hydrogen) atoms. The zero-order chi connectivity index (χ0) is 35.6. The molecule has 276 valence electrons. The Bertz CT molecular complexity index is 1310.